The number of hydrogen-bond donors (Lipinski definition) is 6. The number of likely N-dealkylation sites (N-methyl/N-ethyl adjacent to an activating group) is 1. The van der Waals surface area contributed by atoms with Gasteiger partial charge in [0.2, 0.25) is 0 Å². The van der Waals surface area contributed by atoms with Gasteiger partial charge in [0.15, 0.2) is 0 Å². The van der Waals surface area contributed by atoms with E-state index < -0.39 is 0 Å². The molecule has 5 aliphatic rings. The normalized spacial score (nSPS) is 22.8. The highest BCUT2D eigenvalue weighted by Crippen LogP contribution is 2.37. The van der Waals surface area contributed by atoms with Crippen molar-refractivity contribution in [3.8, 4) is 0 Å². The quantitative estimate of drug-likeness (QED) is 0.0826. The molecule has 354 valence electrons. The summed E-state index contributed by atoms with van der Waals surface area (Å²) in [6.45, 7) is 12.9. The Morgan fingerprint density at radius 2 is 1.17 bits per heavy atom. The topological polar surface area (TPSA) is 120 Å². The number of nitrogens with one attached hydrogen (secondary N) is 4. The second-order valence-corrected chi connectivity index (χ2v) is 18.3. The molecule has 8 heterocycles. The summed E-state index contributed by atoms with van der Waals surface area (Å²) in [5.74, 6) is 1.77. The number of piperidine rings is 2. The molecule has 15 heteroatoms. The zero-order valence-corrected chi connectivity index (χ0v) is 41.4. The van der Waals surface area contributed by atoms with Crippen LogP contribution < -0.4 is 20.4 Å². The van der Waals surface area contributed by atoms with Gasteiger partial charge in [0, 0.05) is 64.6 Å². The molecule has 4 N–H and O–H groups in total. The Bertz CT molecular complexity index is 2470. The average molecular weight is 935 g/mol. The van der Waals surface area contributed by atoms with E-state index in [-0.39, 0.29) is 23.9 Å². The fraction of sp³-hybridized carbons (Fsp3) is 0.529. The third-order valence-electron chi connectivity index (χ3n) is 14.1. The predicted molar refractivity (Wildman–Crippen MR) is 276 cm³/mol. The van der Waals surface area contributed by atoms with Gasteiger partial charge in [-0.05, 0) is 132 Å². The van der Waals surface area contributed by atoms with Gasteiger partial charge in [-0.3, -0.25) is 25.5 Å². The van der Waals surface area contributed by atoms with Gasteiger partial charge in [-0.1, -0.05) is 25.1 Å². The van der Waals surface area contributed by atoms with E-state index >= 15 is 0 Å². The van der Waals surface area contributed by atoms with Crippen LogP contribution in [0.15, 0.2) is 67.0 Å². The van der Waals surface area contributed by atoms with E-state index in [1.54, 1.807) is 18.6 Å². The smallest absolute Gasteiger partial charge is 0.141 e. The van der Waals surface area contributed by atoms with Crippen molar-refractivity contribution in [1.29, 1.82) is 0 Å². The third-order valence-corrected chi connectivity index (χ3v) is 14.1. The number of pyridine rings is 2. The van der Waals surface area contributed by atoms with Gasteiger partial charge in [-0.25, -0.2) is 14.4 Å². The van der Waals surface area contributed by atoms with Crippen LogP contribution in [0.25, 0.3) is 22.1 Å². The average Bonchev–Trinajstić information content (AvgIpc) is 3.97. The standard InChI is InChI=1S/C26H34N6.C23H29FN6.2CH4S/c1-2-18-6-5-13-27-24(18)20-7-3-9-22(28-20)26-29-21-8-4-10-23(25(21)30-26)32-16-14-31(15-17-32)19-11-12-19;1-15-13-16(24)14-25-21(15)17-5-3-7-19(26-17)23-27-18-6-4-8-20(22(18)28-23)30-11-9-29(2)10-12-30;2*1-2/h4-6,8,10,13,19-20,22,28H,2-3,7,9,11-12,14-17H2,1H3,(H,29,30);4,6,8,13-14,17,19,26H,3,5,7,9-12H2,1-2H3,(H,27,28);2*2H,1H3. The van der Waals surface area contributed by atoms with Gasteiger partial charge in [-0.2, -0.15) is 25.3 Å². The highest BCUT2D eigenvalue weighted by molar-refractivity contribution is 7.79. The summed E-state index contributed by atoms with van der Waals surface area (Å²) in [5, 5.41) is 7.58. The third kappa shape index (κ3) is 11.0. The first-order valence-corrected chi connectivity index (χ1v) is 26.0. The Labute approximate surface area is 402 Å². The number of thiol groups is 2. The summed E-state index contributed by atoms with van der Waals surface area (Å²) < 4.78 is 13.5. The van der Waals surface area contributed by atoms with E-state index in [0.717, 1.165) is 129 Å². The van der Waals surface area contributed by atoms with Crippen molar-refractivity contribution in [2.24, 2.45) is 0 Å². The summed E-state index contributed by atoms with van der Waals surface area (Å²) in [5.41, 5.74) is 11.3. The first-order chi connectivity index (χ1) is 32.4. The van der Waals surface area contributed by atoms with Gasteiger partial charge < -0.3 is 24.7 Å². The maximum atomic E-state index is 13.5. The lowest BCUT2D eigenvalue weighted by Crippen LogP contribution is -2.47. The number of hydrogen-bond acceptors (Lipinski definition) is 12. The molecule has 12 nitrogen and oxygen atoms in total. The molecule has 6 aromatic rings. The van der Waals surface area contributed by atoms with E-state index in [1.807, 2.05) is 19.2 Å². The number of benzene rings is 2. The van der Waals surface area contributed by atoms with Crippen LogP contribution in [0, 0.1) is 12.7 Å². The molecule has 4 aliphatic heterocycles. The number of H-pyrrole nitrogens is 2. The number of nitrogens with zero attached hydrogens (tertiary/aromatic N) is 8. The van der Waals surface area contributed by atoms with E-state index in [1.165, 1.54) is 61.2 Å². The number of piperazine rings is 2. The van der Waals surface area contributed by atoms with E-state index in [4.69, 9.17) is 15.0 Å². The first kappa shape index (κ1) is 48.2. The molecule has 66 heavy (non-hydrogen) atoms. The maximum absolute atomic E-state index is 13.5. The molecule has 0 bridgehead atoms. The molecular weight excluding hydrogens is 864 g/mol. The molecule has 0 radical (unpaired) electrons. The maximum Gasteiger partial charge on any atom is 0.141 e. The number of aromatic nitrogens is 6. The van der Waals surface area contributed by atoms with Crippen LogP contribution in [-0.2, 0) is 6.42 Å². The van der Waals surface area contributed by atoms with Crippen LogP contribution in [0.2, 0.25) is 0 Å². The van der Waals surface area contributed by atoms with Gasteiger partial charge in [-0.15, -0.1) is 0 Å². The fourth-order valence-corrected chi connectivity index (χ4v) is 10.4. The molecule has 4 saturated heterocycles. The SMILES string of the molecule is CCc1cccnc1C1CCCC(c2nc3c(N4CCN(C5CC5)CC4)cccc3[nH]2)N1.CS.CS.Cc1cc(F)cnc1C1CCCC(c2nc3c(N4CCN(C)CC4)cccc3[nH]2)N1. The van der Waals surface area contributed by atoms with Gasteiger partial charge in [0.25, 0.3) is 0 Å². The second kappa shape index (κ2) is 22.7. The molecule has 5 fully saturated rings. The van der Waals surface area contributed by atoms with Crippen molar-refractivity contribution in [3.63, 3.8) is 0 Å². The number of aromatic amines is 2. The van der Waals surface area contributed by atoms with E-state index in [9.17, 15) is 4.39 Å². The molecule has 1 saturated carbocycles. The number of aryl methyl sites for hydroxylation is 2. The molecule has 0 spiro atoms. The Balaban J connectivity index is 0.000000167. The second-order valence-electron chi connectivity index (χ2n) is 18.3. The zero-order valence-electron chi connectivity index (χ0n) is 39.6. The Morgan fingerprint density at radius 1 is 0.636 bits per heavy atom. The van der Waals surface area contributed by atoms with Crippen molar-refractivity contribution < 1.29 is 4.39 Å². The lowest BCUT2D eigenvalue weighted by Gasteiger charge is -2.36. The largest absolute Gasteiger partial charge is 0.367 e. The van der Waals surface area contributed by atoms with Crippen LogP contribution >= 0.6 is 25.3 Å². The highest BCUT2D eigenvalue weighted by atomic mass is 32.1. The van der Waals surface area contributed by atoms with Crippen LogP contribution in [0.4, 0.5) is 15.8 Å². The molecule has 4 aromatic heterocycles. The summed E-state index contributed by atoms with van der Waals surface area (Å²) in [7, 11) is 2.17. The minimum Gasteiger partial charge on any atom is -0.367 e. The summed E-state index contributed by atoms with van der Waals surface area (Å²) in [4.78, 5) is 36.5. The molecule has 0 amide bonds. The molecule has 4 atom stereocenters. The molecule has 4 unspecified atom stereocenters. The van der Waals surface area contributed by atoms with Crippen molar-refractivity contribution >= 4 is 58.7 Å². The molecule has 11 rings (SSSR count). The lowest BCUT2D eigenvalue weighted by atomic mass is 9.93. The first-order valence-electron chi connectivity index (χ1n) is 24.3. The zero-order chi connectivity index (χ0) is 46.2. The fourth-order valence-electron chi connectivity index (χ4n) is 10.4. The van der Waals surface area contributed by atoms with Crippen molar-refractivity contribution in [2.75, 3.05) is 81.7 Å². The number of anilines is 2. The van der Waals surface area contributed by atoms with Gasteiger partial charge in [0.05, 0.1) is 64.2 Å². The van der Waals surface area contributed by atoms with E-state index in [2.05, 4.69) is 127 Å². The van der Waals surface area contributed by atoms with E-state index in [0.29, 0.717) is 6.04 Å². The number of para-hydroxylation sites is 2. The number of imidazole rings is 2. The van der Waals surface area contributed by atoms with Crippen LogP contribution in [-0.4, -0.2) is 118 Å². The van der Waals surface area contributed by atoms with Crippen LogP contribution in [0.1, 0.15) is 117 Å². The highest BCUT2D eigenvalue weighted by Gasteiger charge is 2.33. The van der Waals surface area contributed by atoms with Crippen LogP contribution in [0.5, 0.6) is 0 Å². The molecule has 2 aromatic carbocycles. The van der Waals surface area contributed by atoms with Crippen molar-refractivity contribution in [3.05, 3.63) is 107 Å². The monoisotopic (exact) mass is 935 g/mol. The summed E-state index contributed by atoms with van der Waals surface area (Å²) in [6.07, 6.45) is 17.0. The molecule has 1 aliphatic carbocycles. The Kier molecular flexibility index (Phi) is 16.6. The number of fused-ring (bicyclic) bond motifs is 2. The minimum absolute atomic E-state index is 0.120. The Hall–Kier alpha value is -4.25. The predicted octanol–water partition coefficient (Wildman–Crippen LogP) is 9.17. The van der Waals surface area contributed by atoms with Crippen LogP contribution in [0.3, 0.4) is 0 Å². The van der Waals surface area contributed by atoms with Crippen molar-refractivity contribution in [1.82, 2.24) is 50.3 Å². The molecular formula is C51H71FN12S2. The summed E-state index contributed by atoms with van der Waals surface area (Å²) in [6, 6.07) is 20.5. The van der Waals surface area contributed by atoms with Gasteiger partial charge in [0.1, 0.15) is 28.5 Å². The number of rotatable bonds is 8. The number of halogens is 1. The minimum atomic E-state index is -0.280. The Morgan fingerprint density at radius 3 is 1.70 bits per heavy atom. The summed E-state index contributed by atoms with van der Waals surface area (Å²) >= 11 is 7.06. The lowest BCUT2D eigenvalue weighted by molar-refractivity contribution is 0.248. The van der Waals surface area contributed by atoms with Gasteiger partial charge >= 0.3 is 0 Å². The van der Waals surface area contributed by atoms with Crippen molar-refractivity contribution in [2.45, 2.75) is 102 Å².